The Labute approximate surface area is 108 Å². The highest BCUT2D eigenvalue weighted by molar-refractivity contribution is 7.89. The van der Waals surface area contributed by atoms with Crippen LogP contribution in [-0.2, 0) is 10.0 Å². The summed E-state index contributed by atoms with van der Waals surface area (Å²) in [7, 11) is -1.94. The van der Waals surface area contributed by atoms with Gasteiger partial charge in [0.25, 0.3) is 0 Å². The number of sulfonamides is 1. The van der Waals surface area contributed by atoms with Crippen LogP contribution in [0.4, 0.5) is 5.69 Å². The maximum absolute atomic E-state index is 11.6. The predicted molar refractivity (Wildman–Crippen MR) is 72.1 cm³/mol. The molecule has 1 saturated carbocycles. The zero-order valence-corrected chi connectivity index (χ0v) is 11.3. The highest BCUT2D eigenvalue weighted by Gasteiger charge is 2.28. The van der Waals surface area contributed by atoms with E-state index in [-0.39, 0.29) is 4.90 Å². The molecular formula is C12H19N3O2S. The van der Waals surface area contributed by atoms with E-state index in [1.807, 2.05) is 12.1 Å². The molecule has 1 aliphatic rings. The molecule has 1 aliphatic carbocycles. The van der Waals surface area contributed by atoms with Crippen molar-refractivity contribution in [2.75, 3.05) is 25.0 Å². The van der Waals surface area contributed by atoms with Crippen molar-refractivity contribution in [3.8, 4) is 0 Å². The lowest BCUT2D eigenvalue weighted by Gasteiger charge is -2.24. The Morgan fingerprint density at radius 3 is 2.39 bits per heavy atom. The predicted octanol–water partition coefficient (Wildman–Crippen LogP) is 0.522. The zero-order valence-electron chi connectivity index (χ0n) is 10.5. The van der Waals surface area contributed by atoms with Crippen LogP contribution < -0.4 is 15.4 Å². The average molecular weight is 269 g/mol. The van der Waals surface area contributed by atoms with Crippen molar-refractivity contribution in [1.29, 1.82) is 0 Å². The van der Waals surface area contributed by atoms with Gasteiger partial charge >= 0.3 is 0 Å². The van der Waals surface area contributed by atoms with Gasteiger partial charge in [-0.15, -0.1) is 0 Å². The Hall–Kier alpha value is -1.11. The monoisotopic (exact) mass is 269 g/mol. The van der Waals surface area contributed by atoms with Crippen molar-refractivity contribution >= 4 is 15.7 Å². The van der Waals surface area contributed by atoms with Gasteiger partial charge in [-0.2, -0.15) is 0 Å². The van der Waals surface area contributed by atoms with Gasteiger partial charge in [0.15, 0.2) is 0 Å². The van der Waals surface area contributed by atoms with Gasteiger partial charge in [0.2, 0.25) is 10.0 Å². The van der Waals surface area contributed by atoms with Crippen LogP contribution in [0.3, 0.4) is 0 Å². The Morgan fingerprint density at radius 2 is 1.94 bits per heavy atom. The van der Waals surface area contributed by atoms with Crippen LogP contribution in [0.25, 0.3) is 0 Å². The SMILES string of the molecule is CNS(=O)(=O)c1ccc(N(CCN)C2CC2)cc1. The Balaban J connectivity index is 2.20. The summed E-state index contributed by atoms with van der Waals surface area (Å²) in [6, 6.07) is 7.52. The minimum absolute atomic E-state index is 0.289. The van der Waals surface area contributed by atoms with Crippen molar-refractivity contribution in [2.24, 2.45) is 5.73 Å². The average Bonchev–Trinajstić information content (AvgIpc) is 3.20. The molecular weight excluding hydrogens is 250 g/mol. The first kappa shape index (κ1) is 13.3. The first-order valence-corrected chi connectivity index (χ1v) is 7.57. The maximum atomic E-state index is 11.6. The normalized spacial score (nSPS) is 15.7. The highest BCUT2D eigenvalue weighted by Crippen LogP contribution is 2.31. The molecule has 2 rings (SSSR count). The molecule has 6 heteroatoms. The summed E-state index contributed by atoms with van der Waals surface area (Å²) in [6.45, 7) is 1.41. The van der Waals surface area contributed by atoms with E-state index < -0.39 is 10.0 Å². The number of anilines is 1. The summed E-state index contributed by atoms with van der Waals surface area (Å²) in [5.41, 5.74) is 6.65. The second-order valence-electron chi connectivity index (χ2n) is 4.41. The summed E-state index contributed by atoms with van der Waals surface area (Å²) >= 11 is 0. The molecule has 0 saturated heterocycles. The molecule has 0 radical (unpaired) electrons. The first-order valence-electron chi connectivity index (χ1n) is 6.09. The number of nitrogens with two attached hydrogens (primary N) is 1. The van der Waals surface area contributed by atoms with E-state index in [4.69, 9.17) is 5.73 Å². The first-order chi connectivity index (χ1) is 8.58. The lowest BCUT2D eigenvalue weighted by molar-refractivity contribution is 0.588. The van der Waals surface area contributed by atoms with Gasteiger partial charge in [-0.3, -0.25) is 0 Å². The van der Waals surface area contributed by atoms with E-state index in [2.05, 4.69) is 9.62 Å². The zero-order chi connectivity index (χ0) is 13.2. The van der Waals surface area contributed by atoms with Gasteiger partial charge in [0.05, 0.1) is 4.90 Å². The van der Waals surface area contributed by atoms with Gasteiger partial charge in [-0.25, -0.2) is 13.1 Å². The van der Waals surface area contributed by atoms with E-state index in [0.29, 0.717) is 12.6 Å². The minimum atomic E-state index is -3.35. The van der Waals surface area contributed by atoms with E-state index in [1.54, 1.807) is 12.1 Å². The van der Waals surface area contributed by atoms with Crippen molar-refractivity contribution in [2.45, 2.75) is 23.8 Å². The van der Waals surface area contributed by atoms with Crippen molar-refractivity contribution in [3.05, 3.63) is 24.3 Å². The molecule has 0 unspecified atom stereocenters. The van der Waals surface area contributed by atoms with Gasteiger partial charge in [0.1, 0.15) is 0 Å². The fourth-order valence-corrected chi connectivity index (χ4v) is 2.71. The number of hydrogen-bond donors (Lipinski definition) is 2. The second-order valence-corrected chi connectivity index (χ2v) is 6.30. The Bertz CT molecular complexity index is 495. The van der Waals surface area contributed by atoms with Crippen LogP contribution in [-0.4, -0.2) is 34.6 Å². The lowest BCUT2D eigenvalue weighted by Crippen LogP contribution is -2.31. The van der Waals surface area contributed by atoms with Gasteiger partial charge in [-0.05, 0) is 44.2 Å². The quantitative estimate of drug-likeness (QED) is 0.789. The molecule has 0 spiro atoms. The van der Waals surface area contributed by atoms with Gasteiger partial charge in [0, 0.05) is 24.8 Å². The van der Waals surface area contributed by atoms with Crippen LogP contribution in [0.2, 0.25) is 0 Å². The molecule has 5 nitrogen and oxygen atoms in total. The molecule has 1 fully saturated rings. The number of nitrogens with zero attached hydrogens (tertiary/aromatic N) is 1. The Kier molecular flexibility index (Phi) is 3.89. The van der Waals surface area contributed by atoms with Crippen LogP contribution in [0, 0.1) is 0 Å². The van der Waals surface area contributed by atoms with E-state index >= 15 is 0 Å². The summed E-state index contributed by atoms with van der Waals surface area (Å²) < 4.78 is 25.5. The summed E-state index contributed by atoms with van der Waals surface area (Å²) in [5, 5.41) is 0. The van der Waals surface area contributed by atoms with Gasteiger partial charge in [-0.1, -0.05) is 0 Å². The smallest absolute Gasteiger partial charge is 0.240 e. The lowest BCUT2D eigenvalue weighted by atomic mass is 10.3. The summed E-state index contributed by atoms with van der Waals surface area (Å²) in [5.74, 6) is 0. The maximum Gasteiger partial charge on any atom is 0.240 e. The van der Waals surface area contributed by atoms with Crippen LogP contribution in [0.1, 0.15) is 12.8 Å². The number of rotatable bonds is 6. The fourth-order valence-electron chi connectivity index (χ4n) is 1.98. The summed E-state index contributed by atoms with van der Waals surface area (Å²) in [4.78, 5) is 2.53. The molecule has 18 heavy (non-hydrogen) atoms. The third kappa shape index (κ3) is 2.82. The molecule has 1 aromatic rings. The second kappa shape index (κ2) is 5.26. The van der Waals surface area contributed by atoms with E-state index in [9.17, 15) is 8.42 Å². The molecule has 0 atom stereocenters. The fraction of sp³-hybridized carbons (Fsp3) is 0.500. The van der Waals surface area contributed by atoms with Crippen LogP contribution in [0.5, 0.6) is 0 Å². The third-order valence-electron chi connectivity index (χ3n) is 3.11. The van der Waals surface area contributed by atoms with Gasteiger partial charge < -0.3 is 10.6 Å². The number of benzene rings is 1. The standard InChI is InChI=1S/C12H19N3O2S/c1-14-18(16,17)12-6-4-11(5-7-12)15(9-8-13)10-2-3-10/h4-7,10,14H,2-3,8-9,13H2,1H3. The number of hydrogen-bond acceptors (Lipinski definition) is 4. The van der Waals surface area contributed by atoms with Crippen molar-refractivity contribution in [3.63, 3.8) is 0 Å². The highest BCUT2D eigenvalue weighted by atomic mass is 32.2. The molecule has 0 bridgehead atoms. The van der Waals surface area contributed by atoms with Crippen LogP contribution >= 0.6 is 0 Å². The minimum Gasteiger partial charge on any atom is -0.367 e. The van der Waals surface area contributed by atoms with Crippen molar-refractivity contribution in [1.82, 2.24) is 4.72 Å². The van der Waals surface area contributed by atoms with Crippen molar-refractivity contribution < 1.29 is 8.42 Å². The van der Waals surface area contributed by atoms with E-state index in [1.165, 1.54) is 19.9 Å². The molecule has 0 heterocycles. The summed E-state index contributed by atoms with van der Waals surface area (Å²) in [6.07, 6.45) is 2.38. The molecule has 3 N–H and O–H groups in total. The molecule has 0 amide bonds. The Morgan fingerprint density at radius 1 is 1.33 bits per heavy atom. The molecule has 0 aliphatic heterocycles. The third-order valence-corrected chi connectivity index (χ3v) is 4.54. The molecule has 0 aromatic heterocycles. The largest absolute Gasteiger partial charge is 0.367 e. The topological polar surface area (TPSA) is 75.4 Å². The van der Waals surface area contributed by atoms with E-state index in [0.717, 1.165) is 12.2 Å². The molecule has 1 aromatic carbocycles. The van der Waals surface area contributed by atoms with Crippen LogP contribution in [0.15, 0.2) is 29.2 Å². The molecule has 100 valence electrons. The number of nitrogens with one attached hydrogen (secondary N) is 1.